The number of allylic oxidation sites excluding steroid dienone is 3. The van der Waals surface area contributed by atoms with Gasteiger partial charge in [0, 0.05) is 70.9 Å². The molecule has 5 aromatic carbocycles. The first-order chi connectivity index (χ1) is 32.2. The van der Waals surface area contributed by atoms with Crippen LogP contribution in [0.5, 0.6) is 0 Å². The van der Waals surface area contributed by atoms with E-state index < -0.39 is 0 Å². The van der Waals surface area contributed by atoms with Crippen LogP contribution in [0.25, 0.3) is 33.2 Å². The number of furan rings is 1. The fourth-order valence-corrected chi connectivity index (χ4v) is 14.4. The molecular weight excluding hydrogens is 834 g/mol. The number of nitrogens with zero attached hydrogens (tertiary/aromatic N) is 3. The maximum atomic E-state index is 6.58. The number of fused-ring (bicyclic) bond motifs is 11. The molecule has 1 saturated carbocycles. The van der Waals surface area contributed by atoms with Gasteiger partial charge in [-0.25, -0.2) is 0 Å². The molecule has 0 radical (unpaired) electrons. The van der Waals surface area contributed by atoms with E-state index in [4.69, 9.17) is 4.42 Å². The van der Waals surface area contributed by atoms with Gasteiger partial charge in [0.05, 0.1) is 11.7 Å². The summed E-state index contributed by atoms with van der Waals surface area (Å²) in [6.45, 7) is 25.3. The smallest absolute Gasteiger partial charge is 0.264 e. The Labute approximate surface area is 402 Å². The highest BCUT2D eigenvalue weighted by Crippen LogP contribution is 2.61. The summed E-state index contributed by atoms with van der Waals surface area (Å²) in [5.74, 6) is 0.815. The molecular formula is C61H62BN3OS. The van der Waals surface area contributed by atoms with E-state index in [1.165, 1.54) is 113 Å². The maximum Gasteiger partial charge on any atom is 0.264 e. The second kappa shape index (κ2) is 14.8. The van der Waals surface area contributed by atoms with Crippen molar-refractivity contribution in [1.82, 2.24) is 0 Å². The van der Waals surface area contributed by atoms with E-state index in [0.29, 0.717) is 6.04 Å². The van der Waals surface area contributed by atoms with Crippen LogP contribution >= 0.6 is 11.3 Å². The topological polar surface area (TPSA) is 22.9 Å². The molecule has 5 heterocycles. The second-order valence-corrected chi connectivity index (χ2v) is 23.4. The summed E-state index contributed by atoms with van der Waals surface area (Å²) in [4.78, 5) is 8.08. The lowest BCUT2D eigenvalue weighted by atomic mass is 9.36. The van der Waals surface area contributed by atoms with Crippen molar-refractivity contribution in [2.24, 2.45) is 0 Å². The quantitative estimate of drug-likeness (QED) is 0.161. The zero-order valence-electron chi connectivity index (χ0n) is 40.8. The van der Waals surface area contributed by atoms with Crippen LogP contribution in [0.15, 0.2) is 132 Å². The van der Waals surface area contributed by atoms with Crippen molar-refractivity contribution in [1.29, 1.82) is 0 Å². The van der Waals surface area contributed by atoms with Gasteiger partial charge < -0.3 is 19.1 Å². The summed E-state index contributed by atoms with van der Waals surface area (Å²) in [6.07, 6.45) is 21.4. The van der Waals surface area contributed by atoms with Crippen LogP contribution in [0.4, 0.5) is 39.8 Å². The van der Waals surface area contributed by atoms with Crippen molar-refractivity contribution < 1.29 is 4.42 Å². The Hall–Kier alpha value is -5.98. The summed E-state index contributed by atoms with van der Waals surface area (Å²) in [5, 5.41) is 2.42. The average molecular weight is 896 g/mol. The number of rotatable bonds is 5. The maximum absolute atomic E-state index is 6.58. The Morgan fingerprint density at radius 1 is 0.776 bits per heavy atom. The van der Waals surface area contributed by atoms with Gasteiger partial charge in [-0.1, -0.05) is 141 Å². The van der Waals surface area contributed by atoms with Crippen molar-refractivity contribution >= 4 is 107 Å². The molecule has 7 aromatic rings. The van der Waals surface area contributed by atoms with Crippen molar-refractivity contribution in [2.45, 2.75) is 122 Å². The molecule has 1 fully saturated rings. The normalized spacial score (nSPS) is 21.8. The van der Waals surface area contributed by atoms with Crippen LogP contribution in [-0.2, 0) is 16.2 Å². The predicted octanol–water partition coefficient (Wildman–Crippen LogP) is 15.3. The average Bonchev–Trinajstić information content (AvgIpc) is 3.94. The van der Waals surface area contributed by atoms with E-state index in [1.54, 1.807) is 0 Å². The first kappa shape index (κ1) is 42.4. The van der Waals surface area contributed by atoms with Crippen LogP contribution < -0.4 is 30.4 Å². The molecule has 6 heteroatoms. The van der Waals surface area contributed by atoms with Gasteiger partial charge in [-0.2, -0.15) is 0 Å². The molecule has 4 nitrogen and oxygen atoms in total. The highest BCUT2D eigenvalue weighted by molar-refractivity contribution is 7.34. The van der Waals surface area contributed by atoms with Gasteiger partial charge in [0.1, 0.15) is 11.3 Å². The van der Waals surface area contributed by atoms with E-state index in [0.717, 1.165) is 23.3 Å². The van der Waals surface area contributed by atoms with E-state index >= 15 is 0 Å². The first-order valence-corrected chi connectivity index (χ1v) is 25.5. The largest absolute Gasteiger partial charge is 0.456 e. The second-order valence-electron chi connectivity index (χ2n) is 22.3. The van der Waals surface area contributed by atoms with E-state index in [2.05, 4.69) is 211 Å². The molecule has 67 heavy (non-hydrogen) atoms. The Morgan fingerprint density at radius 3 is 2.09 bits per heavy atom. The molecule has 12 rings (SSSR count). The number of anilines is 7. The van der Waals surface area contributed by atoms with Gasteiger partial charge in [0.15, 0.2) is 0 Å². The van der Waals surface area contributed by atoms with Crippen molar-refractivity contribution in [3.05, 3.63) is 156 Å². The first-order valence-electron chi connectivity index (χ1n) is 24.7. The third kappa shape index (κ3) is 5.97. The molecule has 0 spiro atoms. The summed E-state index contributed by atoms with van der Waals surface area (Å²) in [6, 6.07) is 36.1. The van der Waals surface area contributed by atoms with E-state index in [9.17, 15) is 0 Å². The zero-order valence-corrected chi connectivity index (χ0v) is 41.6. The van der Waals surface area contributed by atoms with Gasteiger partial charge in [-0.15, -0.1) is 11.3 Å². The number of thiophene rings is 1. The molecule has 0 N–H and O–H groups in total. The molecule has 0 amide bonds. The molecule has 2 aliphatic carbocycles. The van der Waals surface area contributed by atoms with Crippen LogP contribution in [-0.4, -0.2) is 18.3 Å². The molecule has 2 aromatic heterocycles. The minimum Gasteiger partial charge on any atom is -0.456 e. The van der Waals surface area contributed by atoms with Crippen molar-refractivity contribution in [3.8, 4) is 0 Å². The molecule has 336 valence electrons. The summed E-state index contributed by atoms with van der Waals surface area (Å²) in [7, 11) is 0. The SMILES string of the molecule is C=Cc1oc2ccc3c4c(sc3c2c1/C=C\C)B1c2cc3c(cc2N(c2ccc(C(C)(C)C)cc2)c2cccc(c21)N4c1ccc(C(C)(C)C)cc1)N(C1C=CC=CC1)C1(C)CCCCC31C. The standard InChI is InChI=1S/C61H62BN3OS/c1-11-19-43-51(12-2)66-52-33-32-44-55-57(67-56(44)53(43)52)62-46-36-45-49(65(42-20-14-13-15-21-42)61(10)35-17-16-34-60(45,61)9)37-50(46)63(40-28-24-38(25-29-40)58(3,4)5)47-22-18-23-48(54(47)62)64(55)41-30-26-39(27-31-41)59(6,7)8/h11-15,18-20,22-33,36-37,42H,2,16-17,21,34-35H2,1,3-10H3/b19-11-. The zero-order chi connectivity index (χ0) is 46.4. The van der Waals surface area contributed by atoms with Crippen molar-refractivity contribution in [3.63, 3.8) is 0 Å². The Morgan fingerprint density at radius 2 is 1.45 bits per heavy atom. The van der Waals surface area contributed by atoms with Crippen LogP contribution in [0.3, 0.4) is 0 Å². The minimum absolute atomic E-state index is 0.00472. The lowest BCUT2D eigenvalue weighted by molar-refractivity contribution is 0.178. The predicted molar refractivity (Wildman–Crippen MR) is 291 cm³/mol. The fraction of sp³-hybridized carbons (Fsp3) is 0.311. The highest BCUT2D eigenvalue weighted by Gasteiger charge is 2.59. The van der Waals surface area contributed by atoms with E-state index in [1.807, 2.05) is 17.4 Å². The van der Waals surface area contributed by atoms with Crippen molar-refractivity contribution in [2.75, 3.05) is 14.7 Å². The highest BCUT2D eigenvalue weighted by atomic mass is 32.1. The Bertz CT molecular complexity index is 3280. The fourth-order valence-electron chi connectivity index (χ4n) is 12.9. The minimum atomic E-state index is -0.0147. The molecule has 5 aliphatic rings. The Balaban J connectivity index is 1.19. The van der Waals surface area contributed by atoms with E-state index in [-0.39, 0.29) is 28.5 Å². The molecule has 3 unspecified atom stereocenters. The van der Waals surface area contributed by atoms with Gasteiger partial charge in [-0.05, 0) is 132 Å². The van der Waals surface area contributed by atoms with Gasteiger partial charge >= 0.3 is 0 Å². The third-order valence-electron chi connectivity index (χ3n) is 16.5. The number of benzene rings is 5. The molecule has 0 bridgehead atoms. The van der Waals surface area contributed by atoms with Crippen LogP contribution in [0, 0.1) is 0 Å². The van der Waals surface area contributed by atoms with Gasteiger partial charge in [0.2, 0.25) is 0 Å². The van der Waals surface area contributed by atoms with Gasteiger partial charge in [0.25, 0.3) is 6.71 Å². The Kier molecular flexibility index (Phi) is 9.34. The lowest BCUT2D eigenvalue weighted by Gasteiger charge is -2.52. The molecule has 3 aliphatic heterocycles. The lowest BCUT2D eigenvalue weighted by Crippen LogP contribution is -2.60. The van der Waals surface area contributed by atoms with Crippen LogP contribution in [0.1, 0.15) is 122 Å². The summed E-state index contributed by atoms with van der Waals surface area (Å²) in [5.41, 5.74) is 17.8. The molecule has 0 saturated heterocycles. The summed E-state index contributed by atoms with van der Waals surface area (Å²) < 4.78 is 9.22. The molecule has 3 atom stereocenters. The number of hydrogen-bond donors (Lipinski definition) is 0. The summed E-state index contributed by atoms with van der Waals surface area (Å²) >= 11 is 1.97. The van der Waals surface area contributed by atoms with Gasteiger partial charge in [-0.3, -0.25) is 0 Å². The third-order valence-corrected chi connectivity index (χ3v) is 17.8. The monoisotopic (exact) mass is 895 g/mol. The van der Waals surface area contributed by atoms with Crippen LogP contribution in [0.2, 0.25) is 0 Å². The number of hydrogen-bond acceptors (Lipinski definition) is 5.